The number of hydrogen-bond acceptors (Lipinski definition) is 2. The number of hydrogen-bond donors (Lipinski definition) is 1. The lowest BCUT2D eigenvalue weighted by molar-refractivity contribution is 0.00940. The average Bonchev–Trinajstić information content (AvgIpc) is 2.12. The Morgan fingerprint density at radius 1 is 1.21 bits per heavy atom. The van der Waals surface area contributed by atoms with Gasteiger partial charge in [-0.1, -0.05) is 32.6 Å². The molecule has 0 heterocycles. The summed E-state index contributed by atoms with van der Waals surface area (Å²) >= 11 is 0. The van der Waals surface area contributed by atoms with Gasteiger partial charge in [0.1, 0.15) is 0 Å². The summed E-state index contributed by atoms with van der Waals surface area (Å²) in [5.74, 6) is 0. The van der Waals surface area contributed by atoms with E-state index in [1.54, 1.807) is 7.11 Å². The summed E-state index contributed by atoms with van der Waals surface area (Å²) in [6.07, 6.45) is 7.29. The Labute approximate surface area is 89.2 Å². The molecule has 0 aromatic carbocycles. The van der Waals surface area contributed by atoms with E-state index in [2.05, 4.69) is 20.8 Å². The fourth-order valence-electron chi connectivity index (χ4n) is 1.65. The second-order valence-corrected chi connectivity index (χ2v) is 4.78. The van der Waals surface area contributed by atoms with Crippen LogP contribution >= 0.6 is 0 Å². The van der Waals surface area contributed by atoms with E-state index in [-0.39, 0.29) is 5.60 Å². The Bertz CT molecular complexity index is 134. The van der Waals surface area contributed by atoms with E-state index in [9.17, 15) is 0 Å². The number of ether oxygens (including phenoxy) is 1. The van der Waals surface area contributed by atoms with Gasteiger partial charge in [-0.2, -0.15) is 0 Å². The Balaban J connectivity index is 3.49. The third-order valence-electron chi connectivity index (χ3n) is 2.73. The standard InChI is InChI=1S/C12H27NO/c1-5-6-7-8-9-11(13)10-12(2,3)14-4/h11H,5-10,13H2,1-4H3. The smallest absolute Gasteiger partial charge is 0.0637 e. The van der Waals surface area contributed by atoms with Crippen LogP contribution in [0.5, 0.6) is 0 Å². The number of rotatable bonds is 8. The molecule has 0 fully saturated rings. The number of methoxy groups -OCH3 is 1. The van der Waals surface area contributed by atoms with Crippen LogP contribution in [0.25, 0.3) is 0 Å². The number of unbranched alkanes of at least 4 members (excludes halogenated alkanes) is 3. The van der Waals surface area contributed by atoms with Crippen molar-refractivity contribution in [2.75, 3.05) is 7.11 Å². The van der Waals surface area contributed by atoms with E-state index in [1.165, 1.54) is 25.7 Å². The molecule has 0 radical (unpaired) electrons. The first-order chi connectivity index (χ1) is 6.52. The third kappa shape index (κ3) is 7.34. The fourth-order valence-corrected chi connectivity index (χ4v) is 1.65. The van der Waals surface area contributed by atoms with Gasteiger partial charge in [-0.25, -0.2) is 0 Å². The zero-order valence-corrected chi connectivity index (χ0v) is 10.3. The van der Waals surface area contributed by atoms with Gasteiger partial charge < -0.3 is 10.5 Å². The lowest BCUT2D eigenvalue weighted by Gasteiger charge is -2.26. The Hall–Kier alpha value is -0.0800. The summed E-state index contributed by atoms with van der Waals surface area (Å²) in [6, 6.07) is 0.293. The zero-order valence-electron chi connectivity index (χ0n) is 10.3. The van der Waals surface area contributed by atoms with Gasteiger partial charge in [0.05, 0.1) is 5.60 Å². The van der Waals surface area contributed by atoms with Crippen molar-refractivity contribution in [1.29, 1.82) is 0 Å². The highest BCUT2D eigenvalue weighted by molar-refractivity contribution is 4.75. The predicted molar refractivity (Wildman–Crippen MR) is 62.4 cm³/mol. The molecular weight excluding hydrogens is 174 g/mol. The zero-order chi connectivity index (χ0) is 11.0. The minimum atomic E-state index is -0.0653. The quantitative estimate of drug-likeness (QED) is 0.612. The summed E-state index contributed by atoms with van der Waals surface area (Å²) in [5, 5.41) is 0. The van der Waals surface area contributed by atoms with Crippen molar-refractivity contribution in [3.05, 3.63) is 0 Å². The summed E-state index contributed by atoms with van der Waals surface area (Å²) in [4.78, 5) is 0. The highest BCUT2D eigenvalue weighted by Crippen LogP contribution is 2.17. The molecule has 0 saturated heterocycles. The second-order valence-electron chi connectivity index (χ2n) is 4.78. The minimum Gasteiger partial charge on any atom is -0.379 e. The van der Waals surface area contributed by atoms with Gasteiger partial charge in [0.25, 0.3) is 0 Å². The van der Waals surface area contributed by atoms with Crippen molar-refractivity contribution in [3.8, 4) is 0 Å². The Morgan fingerprint density at radius 3 is 2.36 bits per heavy atom. The molecule has 2 heteroatoms. The van der Waals surface area contributed by atoms with Crippen LogP contribution in [0, 0.1) is 0 Å². The van der Waals surface area contributed by atoms with E-state index in [0.29, 0.717) is 6.04 Å². The fraction of sp³-hybridized carbons (Fsp3) is 1.00. The predicted octanol–water partition coefficient (Wildman–Crippen LogP) is 3.10. The maximum absolute atomic E-state index is 6.04. The summed E-state index contributed by atoms with van der Waals surface area (Å²) in [5.41, 5.74) is 5.97. The van der Waals surface area contributed by atoms with Crippen LogP contribution in [0.3, 0.4) is 0 Å². The van der Waals surface area contributed by atoms with Gasteiger partial charge in [-0.3, -0.25) is 0 Å². The van der Waals surface area contributed by atoms with Crippen LogP contribution < -0.4 is 5.73 Å². The van der Waals surface area contributed by atoms with E-state index < -0.39 is 0 Å². The maximum atomic E-state index is 6.04. The maximum Gasteiger partial charge on any atom is 0.0637 e. The number of nitrogens with two attached hydrogens (primary N) is 1. The van der Waals surface area contributed by atoms with E-state index in [1.807, 2.05) is 0 Å². The second kappa shape index (κ2) is 7.24. The first-order valence-electron chi connectivity index (χ1n) is 5.82. The van der Waals surface area contributed by atoms with Crippen molar-refractivity contribution in [2.45, 2.75) is 70.9 Å². The van der Waals surface area contributed by atoms with Crippen molar-refractivity contribution >= 4 is 0 Å². The van der Waals surface area contributed by atoms with Crippen LogP contribution in [-0.4, -0.2) is 18.8 Å². The SMILES string of the molecule is CCCCCCC(N)CC(C)(C)OC. The molecule has 2 N–H and O–H groups in total. The summed E-state index contributed by atoms with van der Waals surface area (Å²) in [6.45, 7) is 6.42. The molecule has 0 aliphatic carbocycles. The Morgan fingerprint density at radius 2 is 1.86 bits per heavy atom. The average molecular weight is 201 g/mol. The normalized spacial score (nSPS) is 14.4. The largest absolute Gasteiger partial charge is 0.379 e. The molecule has 0 aliphatic heterocycles. The monoisotopic (exact) mass is 201 g/mol. The highest BCUT2D eigenvalue weighted by atomic mass is 16.5. The van der Waals surface area contributed by atoms with Crippen LogP contribution in [0.2, 0.25) is 0 Å². The minimum absolute atomic E-state index is 0.0653. The van der Waals surface area contributed by atoms with Crippen LogP contribution in [0.1, 0.15) is 59.3 Å². The van der Waals surface area contributed by atoms with Gasteiger partial charge in [-0.15, -0.1) is 0 Å². The van der Waals surface area contributed by atoms with Crippen molar-refractivity contribution in [3.63, 3.8) is 0 Å². The molecular formula is C12H27NO. The molecule has 0 aromatic heterocycles. The molecule has 86 valence electrons. The first kappa shape index (κ1) is 13.9. The van der Waals surface area contributed by atoms with Crippen molar-refractivity contribution < 1.29 is 4.74 Å². The van der Waals surface area contributed by atoms with Crippen LogP contribution in [0.4, 0.5) is 0 Å². The van der Waals surface area contributed by atoms with Gasteiger partial charge in [-0.05, 0) is 26.7 Å². The van der Waals surface area contributed by atoms with Crippen molar-refractivity contribution in [1.82, 2.24) is 0 Å². The van der Waals surface area contributed by atoms with E-state index in [0.717, 1.165) is 12.8 Å². The van der Waals surface area contributed by atoms with Crippen LogP contribution in [0.15, 0.2) is 0 Å². The van der Waals surface area contributed by atoms with E-state index >= 15 is 0 Å². The molecule has 1 atom stereocenters. The Kier molecular flexibility index (Phi) is 7.20. The molecule has 0 saturated carbocycles. The lowest BCUT2D eigenvalue weighted by atomic mass is 9.95. The van der Waals surface area contributed by atoms with Gasteiger partial charge >= 0.3 is 0 Å². The molecule has 0 spiro atoms. The van der Waals surface area contributed by atoms with Crippen LogP contribution in [-0.2, 0) is 4.74 Å². The topological polar surface area (TPSA) is 35.2 Å². The van der Waals surface area contributed by atoms with Gasteiger partial charge in [0.2, 0.25) is 0 Å². The molecule has 0 aromatic rings. The molecule has 2 nitrogen and oxygen atoms in total. The first-order valence-corrected chi connectivity index (χ1v) is 5.82. The molecule has 0 rings (SSSR count). The molecule has 1 unspecified atom stereocenters. The van der Waals surface area contributed by atoms with Gasteiger partial charge in [0.15, 0.2) is 0 Å². The molecule has 14 heavy (non-hydrogen) atoms. The summed E-state index contributed by atoms with van der Waals surface area (Å²) in [7, 11) is 1.75. The highest BCUT2D eigenvalue weighted by Gasteiger charge is 2.19. The summed E-state index contributed by atoms with van der Waals surface area (Å²) < 4.78 is 5.36. The molecule has 0 amide bonds. The van der Waals surface area contributed by atoms with Crippen molar-refractivity contribution in [2.24, 2.45) is 5.73 Å². The lowest BCUT2D eigenvalue weighted by Crippen LogP contribution is -2.33. The van der Waals surface area contributed by atoms with Gasteiger partial charge in [0, 0.05) is 13.2 Å². The third-order valence-corrected chi connectivity index (χ3v) is 2.73. The molecule has 0 aliphatic rings. The molecule has 0 bridgehead atoms. The van der Waals surface area contributed by atoms with E-state index in [4.69, 9.17) is 10.5 Å².